The molecular weight excluding hydrogens is 582 g/mol. The first kappa shape index (κ1) is 31.0. The number of aliphatic hydroxyl groups excluding tert-OH is 1. The summed E-state index contributed by atoms with van der Waals surface area (Å²) < 4.78 is 2.06. The fourth-order valence-electron chi connectivity index (χ4n) is 11.1. The number of ketones is 1. The van der Waals surface area contributed by atoms with Gasteiger partial charge in [-0.1, -0.05) is 68.0 Å². The number of Topliss-reactive ketones (excluding diaryl/α,β-unsaturated/α-hetero) is 1. The Morgan fingerprint density at radius 3 is 2.60 bits per heavy atom. The van der Waals surface area contributed by atoms with Gasteiger partial charge in [-0.05, 0) is 110 Å². The zero-order valence-corrected chi connectivity index (χ0v) is 28.2. The minimum atomic E-state index is -1.42. The van der Waals surface area contributed by atoms with Gasteiger partial charge in [-0.3, -0.25) is 9.79 Å². The summed E-state index contributed by atoms with van der Waals surface area (Å²) in [5, 5.41) is 24.4. The predicted molar refractivity (Wildman–Crippen MR) is 186 cm³/mol. The van der Waals surface area contributed by atoms with Crippen molar-refractivity contribution in [2.75, 3.05) is 0 Å². The number of carbonyl (C=O) groups is 1. The van der Waals surface area contributed by atoms with Crippen LogP contribution in [0.25, 0.3) is 11.0 Å². The number of rotatable bonds is 6. The molecule has 0 bridgehead atoms. The lowest BCUT2D eigenvalue weighted by Crippen LogP contribution is -2.61. The van der Waals surface area contributed by atoms with Crippen molar-refractivity contribution in [3.63, 3.8) is 0 Å². The molecule has 3 saturated carbocycles. The molecule has 2 heterocycles. The van der Waals surface area contributed by atoms with E-state index >= 15 is 0 Å². The van der Waals surface area contributed by atoms with E-state index < -0.39 is 17.1 Å². The Balaban J connectivity index is 1.00. The first-order valence-electron chi connectivity index (χ1n) is 17.9. The van der Waals surface area contributed by atoms with Crippen molar-refractivity contribution in [2.45, 2.75) is 102 Å². The molecule has 3 aromatic rings. The third-order valence-corrected chi connectivity index (χ3v) is 13.6. The standard InChI is InChI=1S/C41H49N3O3/c1-39-23-28-25-42-30(21-26-9-5-4-6-10-26)15-13-27(28)22-29(39)14-16-31-32-19-20-41(47,40(32,2)24-35(45)38(31)39)36(46)17-18-37-43-33-11-7-8-12-34(33)44(37)3/h4-12,22,25,30-32,35,38,45,47H,13-21,23-24H2,1-3H3. The molecule has 6 heteroatoms. The minimum Gasteiger partial charge on any atom is -0.393 e. The maximum Gasteiger partial charge on any atom is 0.165 e. The first-order chi connectivity index (χ1) is 22.6. The van der Waals surface area contributed by atoms with Gasteiger partial charge in [0.1, 0.15) is 11.4 Å². The molecule has 6 nitrogen and oxygen atoms in total. The third-order valence-electron chi connectivity index (χ3n) is 13.6. The average Bonchev–Trinajstić information content (AvgIpc) is 3.44. The van der Waals surface area contributed by atoms with Crippen LogP contribution in [0.15, 0.2) is 82.4 Å². The number of aliphatic imine (C=N–C) groups is 1. The van der Waals surface area contributed by atoms with E-state index in [0.717, 1.165) is 61.8 Å². The Hall–Kier alpha value is -3.35. The van der Waals surface area contributed by atoms with E-state index in [1.165, 1.54) is 22.3 Å². The van der Waals surface area contributed by atoms with Crippen LogP contribution in [0.4, 0.5) is 0 Å². The summed E-state index contributed by atoms with van der Waals surface area (Å²) in [4.78, 5) is 23.9. The molecule has 47 heavy (non-hydrogen) atoms. The SMILES string of the molecule is Cn1c(CCC(=O)C2(O)CCC3C4CCC5=CC6=C(C=NC(Cc7ccccc7)CC6)CC5(C)C4C(O)CC32C)nc2ccccc21. The highest BCUT2D eigenvalue weighted by atomic mass is 16.3. The van der Waals surface area contributed by atoms with E-state index in [4.69, 9.17) is 9.98 Å². The Kier molecular flexibility index (Phi) is 7.49. The van der Waals surface area contributed by atoms with Crippen LogP contribution in [0.3, 0.4) is 0 Å². The highest BCUT2D eigenvalue weighted by molar-refractivity contribution is 5.89. The van der Waals surface area contributed by atoms with Crippen molar-refractivity contribution in [1.29, 1.82) is 0 Å². The number of nitrogens with zero attached hydrogens (tertiary/aromatic N) is 3. The molecule has 0 saturated heterocycles. The van der Waals surface area contributed by atoms with Gasteiger partial charge in [0.2, 0.25) is 0 Å². The highest BCUT2D eigenvalue weighted by Gasteiger charge is 2.68. The van der Waals surface area contributed by atoms with Gasteiger partial charge in [0, 0.05) is 31.5 Å². The van der Waals surface area contributed by atoms with Crippen LogP contribution in [0.2, 0.25) is 0 Å². The molecule has 0 radical (unpaired) electrons. The predicted octanol–water partition coefficient (Wildman–Crippen LogP) is 7.12. The van der Waals surface area contributed by atoms with Crippen molar-refractivity contribution in [3.8, 4) is 0 Å². The Labute approximate surface area is 278 Å². The minimum absolute atomic E-state index is 0.0880. The van der Waals surface area contributed by atoms with E-state index in [-0.39, 0.29) is 41.4 Å². The summed E-state index contributed by atoms with van der Waals surface area (Å²) >= 11 is 0. The van der Waals surface area contributed by atoms with E-state index in [9.17, 15) is 15.0 Å². The van der Waals surface area contributed by atoms with Crippen LogP contribution in [0.1, 0.15) is 83.0 Å². The quantitative estimate of drug-likeness (QED) is 0.303. The summed E-state index contributed by atoms with van der Waals surface area (Å²) in [6.07, 6.45) is 12.6. The highest BCUT2D eigenvalue weighted by Crippen LogP contribution is 2.68. The zero-order chi connectivity index (χ0) is 32.6. The van der Waals surface area contributed by atoms with Crippen LogP contribution in [0.5, 0.6) is 0 Å². The normalized spacial score (nSPS) is 36.3. The fraction of sp³-hybridized carbons (Fsp3) is 0.537. The number of fused-ring (bicyclic) bond motifs is 6. The third kappa shape index (κ3) is 4.84. The molecule has 2 N–H and O–H groups in total. The number of benzene rings is 2. The molecule has 8 unspecified atom stereocenters. The largest absolute Gasteiger partial charge is 0.393 e. The van der Waals surface area contributed by atoms with Crippen molar-refractivity contribution in [3.05, 3.63) is 88.8 Å². The van der Waals surface area contributed by atoms with E-state index in [2.05, 4.69) is 61.0 Å². The molecule has 246 valence electrons. The maximum atomic E-state index is 14.0. The Bertz CT molecular complexity index is 1800. The summed E-state index contributed by atoms with van der Waals surface area (Å²) in [6.45, 7) is 4.49. The van der Waals surface area contributed by atoms with Gasteiger partial charge in [-0.15, -0.1) is 0 Å². The molecule has 1 aliphatic heterocycles. The molecule has 0 amide bonds. The summed E-state index contributed by atoms with van der Waals surface area (Å²) in [6, 6.07) is 19.0. The number of aryl methyl sites for hydroxylation is 2. The number of hydrogen-bond donors (Lipinski definition) is 2. The lowest BCUT2D eigenvalue weighted by atomic mass is 9.45. The van der Waals surface area contributed by atoms with E-state index in [1.807, 2.05) is 31.3 Å². The monoisotopic (exact) mass is 631 g/mol. The van der Waals surface area contributed by atoms with E-state index in [1.54, 1.807) is 0 Å². The molecule has 0 spiro atoms. The molecule has 5 aliphatic rings. The maximum absolute atomic E-state index is 14.0. The molecular formula is C41H49N3O3. The topological polar surface area (TPSA) is 87.7 Å². The van der Waals surface area contributed by atoms with Crippen LogP contribution < -0.4 is 0 Å². The van der Waals surface area contributed by atoms with Crippen LogP contribution >= 0.6 is 0 Å². The smallest absolute Gasteiger partial charge is 0.165 e. The molecule has 2 aromatic carbocycles. The number of hydrogen-bond acceptors (Lipinski definition) is 5. The summed E-state index contributed by atoms with van der Waals surface area (Å²) in [5.41, 5.74) is 5.38. The Morgan fingerprint density at radius 1 is 1.00 bits per heavy atom. The zero-order valence-electron chi connectivity index (χ0n) is 28.2. The molecule has 8 atom stereocenters. The second-order valence-electron chi connectivity index (χ2n) is 15.9. The second kappa shape index (κ2) is 11.4. The van der Waals surface area contributed by atoms with Crippen LogP contribution in [0, 0.1) is 28.6 Å². The van der Waals surface area contributed by atoms with Crippen molar-refractivity contribution >= 4 is 23.0 Å². The Morgan fingerprint density at radius 2 is 1.79 bits per heavy atom. The van der Waals surface area contributed by atoms with Gasteiger partial charge in [-0.2, -0.15) is 0 Å². The van der Waals surface area contributed by atoms with Crippen LogP contribution in [-0.2, 0) is 24.7 Å². The molecule has 3 fully saturated rings. The number of imidazole rings is 1. The van der Waals surface area contributed by atoms with Crippen molar-refractivity contribution in [2.24, 2.45) is 40.6 Å². The summed E-state index contributed by atoms with van der Waals surface area (Å²) in [5.74, 6) is 1.39. The molecule has 8 rings (SSSR count). The van der Waals surface area contributed by atoms with Gasteiger partial charge in [0.15, 0.2) is 5.78 Å². The van der Waals surface area contributed by atoms with Gasteiger partial charge < -0.3 is 14.8 Å². The first-order valence-corrected chi connectivity index (χ1v) is 17.9. The number of para-hydroxylation sites is 2. The number of aliphatic hydroxyl groups is 2. The van der Waals surface area contributed by atoms with Crippen LogP contribution in [-0.4, -0.2) is 49.5 Å². The second-order valence-corrected chi connectivity index (χ2v) is 15.9. The lowest BCUT2D eigenvalue weighted by molar-refractivity contribution is -0.179. The van der Waals surface area contributed by atoms with Gasteiger partial charge >= 0.3 is 0 Å². The van der Waals surface area contributed by atoms with Gasteiger partial charge in [0.25, 0.3) is 0 Å². The molecule has 1 aromatic heterocycles. The molecule has 4 aliphatic carbocycles. The number of allylic oxidation sites excluding steroid dienone is 4. The lowest BCUT2D eigenvalue weighted by Gasteiger charge is -2.60. The van der Waals surface area contributed by atoms with Crippen molar-refractivity contribution in [1.82, 2.24) is 9.55 Å². The van der Waals surface area contributed by atoms with Crippen molar-refractivity contribution < 1.29 is 15.0 Å². The van der Waals surface area contributed by atoms with Gasteiger partial charge in [0.05, 0.1) is 23.2 Å². The number of aromatic nitrogens is 2. The average molecular weight is 632 g/mol. The van der Waals surface area contributed by atoms with E-state index in [0.29, 0.717) is 19.3 Å². The van der Waals surface area contributed by atoms with Gasteiger partial charge in [-0.25, -0.2) is 4.98 Å². The number of carbonyl (C=O) groups excluding carboxylic acids is 1. The fourth-order valence-corrected chi connectivity index (χ4v) is 11.1. The summed E-state index contributed by atoms with van der Waals surface area (Å²) in [7, 11) is 2.00.